The fourth-order valence-corrected chi connectivity index (χ4v) is 3.44. The van der Waals surface area contributed by atoms with Crippen molar-refractivity contribution in [3.8, 4) is 16.9 Å². The van der Waals surface area contributed by atoms with E-state index in [-0.39, 0.29) is 22.7 Å². The summed E-state index contributed by atoms with van der Waals surface area (Å²) in [4.78, 5) is 36.9. The molecule has 5 rings (SSSR count). The summed E-state index contributed by atoms with van der Waals surface area (Å²) in [6.07, 6.45) is 1.35. The Labute approximate surface area is 178 Å². The summed E-state index contributed by atoms with van der Waals surface area (Å²) in [5, 5.41) is 1.55. The third-order valence-corrected chi connectivity index (χ3v) is 4.87. The van der Waals surface area contributed by atoms with E-state index in [1.165, 1.54) is 30.5 Å². The van der Waals surface area contributed by atoms with Crippen molar-refractivity contribution in [3.05, 3.63) is 98.5 Å². The van der Waals surface area contributed by atoms with Crippen LogP contribution in [0, 0.1) is 0 Å². The maximum atomic E-state index is 12.6. The highest BCUT2D eigenvalue weighted by atomic mass is 35.5. The summed E-state index contributed by atoms with van der Waals surface area (Å²) >= 11 is 6.04. The Morgan fingerprint density at radius 2 is 1.74 bits per heavy atom. The standard InChI is InChI=1S/C23H11ClO7/c24-13-3-6-18-12(8-13)9-17(22(26)31-18)16-11-21(25)30-20-10-14(4-5-15(16)20)29-23(27)19-2-1-7-28-19/h1-11H. The van der Waals surface area contributed by atoms with Gasteiger partial charge < -0.3 is 18.0 Å². The maximum Gasteiger partial charge on any atom is 0.379 e. The van der Waals surface area contributed by atoms with Crippen molar-refractivity contribution < 1.29 is 22.8 Å². The van der Waals surface area contributed by atoms with E-state index in [1.54, 1.807) is 36.4 Å². The summed E-state index contributed by atoms with van der Waals surface area (Å²) in [6.45, 7) is 0. The van der Waals surface area contributed by atoms with Crippen molar-refractivity contribution in [2.24, 2.45) is 0 Å². The molecule has 0 fully saturated rings. The lowest BCUT2D eigenvalue weighted by Crippen LogP contribution is -2.08. The first-order valence-electron chi connectivity index (χ1n) is 9.05. The summed E-state index contributed by atoms with van der Waals surface area (Å²) in [7, 11) is 0. The molecular weight excluding hydrogens is 424 g/mol. The zero-order chi connectivity index (χ0) is 21.5. The number of benzene rings is 2. The van der Waals surface area contributed by atoms with E-state index in [2.05, 4.69) is 0 Å². The molecule has 0 aliphatic carbocycles. The molecule has 7 nitrogen and oxygen atoms in total. The van der Waals surface area contributed by atoms with Gasteiger partial charge in [0.05, 0.1) is 11.8 Å². The summed E-state index contributed by atoms with van der Waals surface area (Å²) in [6, 6.07) is 15.2. The third-order valence-electron chi connectivity index (χ3n) is 4.63. The fraction of sp³-hybridized carbons (Fsp3) is 0. The third kappa shape index (κ3) is 3.51. The van der Waals surface area contributed by atoms with E-state index >= 15 is 0 Å². The molecule has 0 radical (unpaired) electrons. The van der Waals surface area contributed by atoms with Gasteiger partial charge in [0.25, 0.3) is 0 Å². The van der Waals surface area contributed by atoms with Gasteiger partial charge in [-0.05, 0) is 48.5 Å². The van der Waals surface area contributed by atoms with Gasteiger partial charge in [0.15, 0.2) is 0 Å². The first-order valence-corrected chi connectivity index (χ1v) is 9.43. The van der Waals surface area contributed by atoms with Crippen LogP contribution in [-0.4, -0.2) is 5.97 Å². The number of rotatable bonds is 3. The predicted octanol–water partition coefficient (Wildman–Crippen LogP) is 5.03. The van der Waals surface area contributed by atoms with Crippen LogP contribution in [0.15, 0.2) is 89.8 Å². The first kappa shape index (κ1) is 18.9. The molecule has 0 unspecified atom stereocenters. The molecule has 3 aromatic heterocycles. The van der Waals surface area contributed by atoms with Gasteiger partial charge in [-0.15, -0.1) is 0 Å². The van der Waals surface area contributed by atoms with Gasteiger partial charge in [-0.2, -0.15) is 0 Å². The quantitative estimate of drug-likeness (QED) is 0.223. The van der Waals surface area contributed by atoms with Gasteiger partial charge in [-0.25, -0.2) is 14.4 Å². The Morgan fingerprint density at radius 3 is 2.55 bits per heavy atom. The normalized spacial score (nSPS) is 11.1. The van der Waals surface area contributed by atoms with Crippen LogP contribution in [0.4, 0.5) is 0 Å². The van der Waals surface area contributed by atoms with E-state index in [9.17, 15) is 14.4 Å². The fourth-order valence-electron chi connectivity index (χ4n) is 3.26. The molecule has 5 aromatic rings. The molecule has 152 valence electrons. The van der Waals surface area contributed by atoms with Crippen molar-refractivity contribution in [1.29, 1.82) is 0 Å². The largest absolute Gasteiger partial charge is 0.457 e. The van der Waals surface area contributed by atoms with Crippen LogP contribution in [0.25, 0.3) is 33.1 Å². The molecule has 0 atom stereocenters. The SMILES string of the molecule is O=C(Oc1ccc2c(-c3cc4cc(Cl)ccc4oc3=O)cc(=O)oc2c1)c1ccco1. The Hall–Kier alpha value is -4.10. The minimum Gasteiger partial charge on any atom is -0.457 e. The van der Waals surface area contributed by atoms with Gasteiger partial charge in [0.2, 0.25) is 5.76 Å². The molecule has 0 amide bonds. The van der Waals surface area contributed by atoms with Gasteiger partial charge in [0, 0.05) is 33.5 Å². The minimum absolute atomic E-state index is 0.0303. The number of fused-ring (bicyclic) bond motifs is 2. The van der Waals surface area contributed by atoms with E-state index < -0.39 is 17.2 Å². The van der Waals surface area contributed by atoms with Crippen LogP contribution in [0.3, 0.4) is 0 Å². The molecule has 0 saturated carbocycles. The van der Waals surface area contributed by atoms with Crippen LogP contribution in [0.2, 0.25) is 5.02 Å². The summed E-state index contributed by atoms with van der Waals surface area (Å²) < 4.78 is 20.9. The topological polar surface area (TPSA) is 99.9 Å². The molecule has 3 heterocycles. The highest BCUT2D eigenvalue weighted by Gasteiger charge is 2.16. The number of hydrogen-bond acceptors (Lipinski definition) is 7. The molecule has 0 N–H and O–H groups in total. The van der Waals surface area contributed by atoms with E-state index in [4.69, 9.17) is 29.6 Å². The summed E-state index contributed by atoms with van der Waals surface area (Å²) in [5.41, 5.74) is -0.285. The molecule has 0 saturated heterocycles. The molecular formula is C23H11ClO7. The number of carbonyl (C=O) groups excluding carboxylic acids is 1. The van der Waals surface area contributed by atoms with Crippen LogP contribution in [-0.2, 0) is 0 Å². The second kappa shape index (κ2) is 7.30. The van der Waals surface area contributed by atoms with E-state index in [1.807, 2.05) is 0 Å². The molecule has 0 aliphatic heterocycles. The van der Waals surface area contributed by atoms with Crippen molar-refractivity contribution in [1.82, 2.24) is 0 Å². The highest BCUT2D eigenvalue weighted by Crippen LogP contribution is 2.30. The second-order valence-corrected chi connectivity index (χ2v) is 7.07. The Morgan fingerprint density at radius 1 is 0.871 bits per heavy atom. The van der Waals surface area contributed by atoms with Gasteiger partial charge in [-0.3, -0.25) is 0 Å². The van der Waals surface area contributed by atoms with Gasteiger partial charge in [0.1, 0.15) is 16.9 Å². The molecule has 31 heavy (non-hydrogen) atoms. The second-order valence-electron chi connectivity index (χ2n) is 6.63. The molecule has 8 heteroatoms. The number of esters is 1. The van der Waals surface area contributed by atoms with E-state index in [0.717, 1.165) is 0 Å². The van der Waals surface area contributed by atoms with Crippen molar-refractivity contribution >= 4 is 39.5 Å². The zero-order valence-corrected chi connectivity index (χ0v) is 16.3. The maximum absolute atomic E-state index is 12.6. The van der Waals surface area contributed by atoms with Crippen LogP contribution in [0.5, 0.6) is 5.75 Å². The number of furan rings is 1. The van der Waals surface area contributed by atoms with Crippen molar-refractivity contribution in [2.45, 2.75) is 0 Å². The molecule has 2 aromatic carbocycles. The number of hydrogen-bond donors (Lipinski definition) is 0. The molecule has 0 aliphatic rings. The summed E-state index contributed by atoms with van der Waals surface area (Å²) in [5.74, 6) is -0.524. The average Bonchev–Trinajstić information content (AvgIpc) is 3.28. The zero-order valence-electron chi connectivity index (χ0n) is 15.6. The predicted molar refractivity (Wildman–Crippen MR) is 113 cm³/mol. The van der Waals surface area contributed by atoms with E-state index in [0.29, 0.717) is 26.9 Å². The average molecular weight is 435 g/mol. The lowest BCUT2D eigenvalue weighted by atomic mass is 10.0. The van der Waals surface area contributed by atoms with Crippen LogP contribution < -0.4 is 16.0 Å². The monoisotopic (exact) mass is 434 g/mol. The van der Waals surface area contributed by atoms with Crippen molar-refractivity contribution in [2.75, 3.05) is 0 Å². The number of carbonyl (C=O) groups is 1. The smallest absolute Gasteiger partial charge is 0.379 e. The Kier molecular flexibility index (Phi) is 4.45. The Balaban J connectivity index is 1.64. The van der Waals surface area contributed by atoms with Gasteiger partial charge >= 0.3 is 17.2 Å². The Bertz CT molecular complexity index is 1580. The van der Waals surface area contributed by atoms with Crippen LogP contribution >= 0.6 is 11.6 Å². The molecule has 0 bridgehead atoms. The molecule has 0 spiro atoms. The van der Waals surface area contributed by atoms with Crippen molar-refractivity contribution in [3.63, 3.8) is 0 Å². The highest BCUT2D eigenvalue weighted by molar-refractivity contribution is 6.31. The number of halogens is 1. The lowest BCUT2D eigenvalue weighted by molar-refractivity contribution is 0.0701. The minimum atomic E-state index is -0.699. The van der Waals surface area contributed by atoms with Gasteiger partial charge in [-0.1, -0.05) is 11.6 Å². The number of ether oxygens (including phenoxy) is 1. The lowest BCUT2D eigenvalue weighted by Gasteiger charge is -2.08. The van der Waals surface area contributed by atoms with Crippen LogP contribution in [0.1, 0.15) is 10.6 Å². The first-order chi connectivity index (χ1) is 15.0.